The predicted octanol–water partition coefficient (Wildman–Crippen LogP) is 0.737. The molecule has 102 valence electrons. The highest BCUT2D eigenvalue weighted by molar-refractivity contribution is 4.79. The lowest BCUT2D eigenvalue weighted by Crippen LogP contribution is -2.40. The van der Waals surface area contributed by atoms with E-state index in [1.165, 1.54) is 0 Å². The highest BCUT2D eigenvalue weighted by atomic mass is 14.9. The van der Waals surface area contributed by atoms with Crippen LogP contribution in [-0.4, -0.2) is 32.2 Å². The van der Waals surface area contributed by atoms with Crippen molar-refractivity contribution in [2.24, 2.45) is 11.7 Å². The summed E-state index contributed by atoms with van der Waals surface area (Å²) < 4.78 is 0. The third kappa shape index (κ3) is 8.95. The molecular formula is C13H25N5. The zero-order valence-corrected chi connectivity index (χ0v) is 11.3. The van der Waals surface area contributed by atoms with E-state index in [0.717, 1.165) is 32.5 Å². The fraction of sp³-hybridized carbons (Fsp3) is 0.846. The van der Waals surface area contributed by atoms with Crippen molar-refractivity contribution in [1.82, 2.24) is 10.6 Å². The van der Waals surface area contributed by atoms with Crippen LogP contribution in [0.1, 0.15) is 32.6 Å². The first-order chi connectivity index (χ1) is 8.76. The van der Waals surface area contributed by atoms with Crippen LogP contribution in [0.5, 0.6) is 0 Å². The first kappa shape index (κ1) is 16.9. The number of nitrogens with two attached hydrogens (primary N) is 1. The second-order valence-corrected chi connectivity index (χ2v) is 4.49. The van der Waals surface area contributed by atoms with Crippen molar-refractivity contribution in [3.8, 4) is 12.1 Å². The van der Waals surface area contributed by atoms with Gasteiger partial charge >= 0.3 is 0 Å². The van der Waals surface area contributed by atoms with E-state index >= 15 is 0 Å². The van der Waals surface area contributed by atoms with E-state index in [1.807, 2.05) is 0 Å². The summed E-state index contributed by atoms with van der Waals surface area (Å²) in [5.74, 6) is 0.467. The summed E-state index contributed by atoms with van der Waals surface area (Å²) >= 11 is 0. The molecule has 0 saturated heterocycles. The lowest BCUT2D eigenvalue weighted by Gasteiger charge is -2.25. The molecule has 2 unspecified atom stereocenters. The quantitative estimate of drug-likeness (QED) is 0.470. The second kappa shape index (κ2) is 12.3. The molecule has 0 aromatic carbocycles. The molecule has 0 spiro atoms. The van der Waals surface area contributed by atoms with Crippen molar-refractivity contribution >= 4 is 0 Å². The number of nitrogens with zero attached hydrogens (tertiary/aromatic N) is 2. The Bertz CT molecular complexity index is 266. The summed E-state index contributed by atoms with van der Waals surface area (Å²) in [5, 5.41) is 23.7. The molecule has 2 atom stereocenters. The van der Waals surface area contributed by atoms with Gasteiger partial charge in [-0.1, -0.05) is 6.92 Å². The van der Waals surface area contributed by atoms with Crippen LogP contribution in [0.25, 0.3) is 0 Å². The van der Waals surface area contributed by atoms with Gasteiger partial charge in [-0.25, -0.2) is 0 Å². The minimum absolute atomic E-state index is 0.386. The second-order valence-electron chi connectivity index (χ2n) is 4.49. The molecule has 0 saturated carbocycles. The number of nitriles is 2. The largest absolute Gasteiger partial charge is 0.330 e. The topological polar surface area (TPSA) is 97.7 Å². The number of hydrogen-bond acceptors (Lipinski definition) is 5. The van der Waals surface area contributed by atoms with Crippen LogP contribution in [0.2, 0.25) is 0 Å². The third-order valence-electron chi connectivity index (χ3n) is 2.93. The van der Waals surface area contributed by atoms with E-state index < -0.39 is 0 Å². The van der Waals surface area contributed by atoms with Crippen molar-refractivity contribution in [2.45, 2.75) is 38.6 Å². The zero-order valence-electron chi connectivity index (χ0n) is 11.3. The maximum atomic E-state index is 8.54. The summed E-state index contributed by atoms with van der Waals surface area (Å²) in [6, 6.07) is 4.64. The molecule has 0 bridgehead atoms. The van der Waals surface area contributed by atoms with E-state index in [9.17, 15) is 0 Å². The Kier molecular flexibility index (Phi) is 11.5. The number of nitrogens with one attached hydrogen (secondary N) is 2. The van der Waals surface area contributed by atoms with Gasteiger partial charge in [0.1, 0.15) is 0 Å². The fourth-order valence-electron chi connectivity index (χ4n) is 1.86. The van der Waals surface area contributed by atoms with Gasteiger partial charge in [0.05, 0.1) is 12.1 Å². The molecule has 0 aliphatic rings. The first-order valence-electron chi connectivity index (χ1n) is 6.64. The van der Waals surface area contributed by atoms with Gasteiger partial charge in [-0.05, 0) is 31.8 Å². The van der Waals surface area contributed by atoms with E-state index in [0.29, 0.717) is 31.3 Å². The lowest BCUT2D eigenvalue weighted by molar-refractivity contribution is 0.341. The van der Waals surface area contributed by atoms with Crippen LogP contribution < -0.4 is 16.4 Å². The highest BCUT2D eigenvalue weighted by Gasteiger charge is 2.15. The summed E-state index contributed by atoms with van der Waals surface area (Å²) in [7, 11) is 0. The highest BCUT2D eigenvalue weighted by Crippen LogP contribution is 2.08. The molecule has 18 heavy (non-hydrogen) atoms. The number of hydrogen-bond donors (Lipinski definition) is 3. The molecular weight excluding hydrogens is 226 g/mol. The summed E-state index contributed by atoms with van der Waals surface area (Å²) in [6.45, 7) is 5.23. The standard InChI is InChI=1S/C13H25N5/c1-12(11-17-9-3-7-15)13(5-2-6-14)18-10-4-8-16/h12-13,17-18H,2-6,9-11,14H2,1H3. The van der Waals surface area contributed by atoms with Crippen LogP contribution in [0.15, 0.2) is 0 Å². The maximum Gasteiger partial charge on any atom is 0.0635 e. The average molecular weight is 251 g/mol. The predicted molar refractivity (Wildman–Crippen MR) is 72.6 cm³/mol. The molecule has 0 rings (SSSR count). The van der Waals surface area contributed by atoms with Gasteiger partial charge in [-0.3, -0.25) is 0 Å². The van der Waals surface area contributed by atoms with Crippen molar-refractivity contribution < 1.29 is 0 Å². The normalized spacial score (nSPS) is 13.6. The minimum atomic E-state index is 0.386. The van der Waals surface area contributed by atoms with Gasteiger partial charge < -0.3 is 16.4 Å². The molecule has 0 heterocycles. The van der Waals surface area contributed by atoms with Crippen molar-refractivity contribution in [3.63, 3.8) is 0 Å². The molecule has 5 heteroatoms. The van der Waals surface area contributed by atoms with E-state index in [-0.39, 0.29) is 0 Å². The Morgan fingerprint density at radius 3 is 2.44 bits per heavy atom. The van der Waals surface area contributed by atoms with Crippen molar-refractivity contribution in [2.75, 3.05) is 26.2 Å². The Balaban J connectivity index is 3.93. The molecule has 0 amide bonds. The zero-order chi connectivity index (χ0) is 13.6. The van der Waals surface area contributed by atoms with Crippen LogP contribution in [0.3, 0.4) is 0 Å². The lowest BCUT2D eigenvalue weighted by atomic mass is 9.97. The molecule has 0 aliphatic heterocycles. The van der Waals surface area contributed by atoms with Gasteiger partial charge in [0.2, 0.25) is 0 Å². The van der Waals surface area contributed by atoms with Gasteiger partial charge in [0, 0.05) is 32.0 Å². The molecule has 4 N–H and O–H groups in total. The Hall–Kier alpha value is -1.14. The average Bonchev–Trinajstić information content (AvgIpc) is 2.38. The fourth-order valence-corrected chi connectivity index (χ4v) is 1.86. The Morgan fingerprint density at radius 1 is 1.17 bits per heavy atom. The number of rotatable bonds is 11. The first-order valence-corrected chi connectivity index (χ1v) is 6.64. The minimum Gasteiger partial charge on any atom is -0.330 e. The van der Waals surface area contributed by atoms with Crippen molar-refractivity contribution in [1.29, 1.82) is 10.5 Å². The smallest absolute Gasteiger partial charge is 0.0635 e. The van der Waals surface area contributed by atoms with Gasteiger partial charge in [0.25, 0.3) is 0 Å². The molecule has 0 radical (unpaired) electrons. The van der Waals surface area contributed by atoms with Crippen LogP contribution in [-0.2, 0) is 0 Å². The third-order valence-corrected chi connectivity index (χ3v) is 2.93. The molecule has 0 aliphatic carbocycles. The van der Waals surface area contributed by atoms with Crippen LogP contribution in [0.4, 0.5) is 0 Å². The Labute approximate surface area is 110 Å². The summed E-state index contributed by atoms with van der Waals surface area (Å²) in [5.41, 5.74) is 5.54. The molecule has 0 aromatic rings. The van der Waals surface area contributed by atoms with E-state index in [2.05, 4.69) is 29.7 Å². The van der Waals surface area contributed by atoms with Crippen LogP contribution in [0, 0.1) is 28.6 Å². The monoisotopic (exact) mass is 251 g/mol. The maximum absolute atomic E-state index is 8.54. The van der Waals surface area contributed by atoms with Gasteiger partial charge in [0.15, 0.2) is 0 Å². The SMILES string of the molecule is CC(CNCCC#N)C(CCCN)NCCC#N. The summed E-state index contributed by atoms with van der Waals surface area (Å²) in [4.78, 5) is 0. The Morgan fingerprint density at radius 2 is 1.83 bits per heavy atom. The van der Waals surface area contributed by atoms with Crippen LogP contribution >= 0.6 is 0 Å². The molecule has 5 nitrogen and oxygen atoms in total. The van der Waals surface area contributed by atoms with Gasteiger partial charge in [-0.15, -0.1) is 0 Å². The summed E-state index contributed by atoms with van der Waals surface area (Å²) in [6.07, 6.45) is 3.10. The van der Waals surface area contributed by atoms with E-state index in [4.69, 9.17) is 16.3 Å². The van der Waals surface area contributed by atoms with Gasteiger partial charge in [-0.2, -0.15) is 10.5 Å². The van der Waals surface area contributed by atoms with E-state index in [1.54, 1.807) is 0 Å². The van der Waals surface area contributed by atoms with Crippen molar-refractivity contribution in [3.05, 3.63) is 0 Å². The molecule has 0 aromatic heterocycles. The molecule has 0 fully saturated rings.